The molecule has 0 saturated carbocycles. The van der Waals surface area contributed by atoms with Gasteiger partial charge in [-0.05, 0) is 37.1 Å². The summed E-state index contributed by atoms with van der Waals surface area (Å²) in [6, 6.07) is 3.85. The molecular formula is C14H13F2N3O. The number of halogens is 2. The summed E-state index contributed by atoms with van der Waals surface area (Å²) >= 11 is 0. The molecule has 0 aliphatic carbocycles. The van der Waals surface area contributed by atoms with Gasteiger partial charge in [-0.25, -0.2) is 13.8 Å². The zero-order chi connectivity index (χ0) is 14.9. The summed E-state index contributed by atoms with van der Waals surface area (Å²) < 4.78 is 27.4. The van der Waals surface area contributed by atoms with Crippen LogP contribution in [0.4, 0.5) is 20.3 Å². The number of nitrogens with zero attached hydrogens (tertiary/aromatic N) is 1. The number of nitrogens with two attached hydrogens (primary N) is 1. The number of anilines is 2. The van der Waals surface area contributed by atoms with Gasteiger partial charge in [0.25, 0.3) is 5.91 Å². The summed E-state index contributed by atoms with van der Waals surface area (Å²) in [5.74, 6) is -2.50. The lowest BCUT2D eigenvalue weighted by Gasteiger charge is -2.09. The zero-order valence-corrected chi connectivity index (χ0v) is 11.0. The van der Waals surface area contributed by atoms with Gasteiger partial charge in [0.15, 0.2) is 0 Å². The second kappa shape index (κ2) is 5.24. The quantitative estimate of drug-likeness (QED) is 0.887. The van der Waals surface area contributed by atoms with Gasteiger partial charge in [-0.1, -0.05) is 6.07 Å². The SMILES string of the molecule is Cc1cc(NC(=O)c2c(F)ccc(C)c2F)ncc1N. The highest BCUT2D eigenvalue weighted by molar-refractivity contribution is 6.04. The molecular weight excluding hydrogens is 264 g/mol. The van der Waals surface area contributed by atoms with Gasteiger partial charge in [0.1, 0.15) is 23.0 Å². The second-order valence-electron chi connectivity index (χ2n) is 4.43. The molecule has 0 aliphatic rings. The predicted octanol–water partition coefficient (Wildman–Crippen LogP) is 2.81. The molecule has 3 N–H and O–H groups in total. The topological polar surface area (TPSA) is 68.0 Å². The molecule has 0 spiro atoms. The molecule has 0 radical (unpaired) electrons. The first-order valence-electron chi connectivity index (χ1n) is 5.88. The first-order chi connectivity index (χ1) is 9.40. The molecule has 4 nitrogen and oxygen atoms in total. The van der Waals surface area contributed by atoms with Gasteiger partial charge < -0.3 is 11.1 Å². The third-order valence-corrected chi connectivity index (χ3v) is 2.90. The maximum absolute atomic E-state index is 13.8. The van der Waals surface area contributed by atoms with Crippen molar-refractivity contribution in [2.75, 3.05) is 11.1 Å². The smallest absolute Gasteiger partial charge is 0.262 e. The molecule has 0 bridgehead atoms. The van der Waals surface area contributed by atoms with Crippen molar-refractivity contribution < 1.29 is 13.6 Å². The van der Waals surface area contributed by atoms with E-state index >= 15 is 0 Å². The largest absolute Gasteiger partial charge is 0.397 e. The fraction of sp³-hybridized carbons (Fsp3) is 0.143. The van der Waals surface area contributed by atoms with Gasteiger partial charge in [-0.15, -0.1) is 0 Å². The number of hydrogen-bond acceptors (Lipinski definition) is 3. The van der Waals surface area contributed by atoms with E-state index in [1.807, 2.05) is 0 Å². The Morgan fingerprint density at radius 3 is 2.60 bits per heavy atom. The summed E-state index contributed by atoms with van der Waals surface area (Å²) in [7, 11) is 0. The third-order valence-electron chi connectivity index (χ3n) is 2.90. The number of rotatable bonds is 2. The van der Waals surface area contributed by atoms with Crippen LogP contribution in [0.25, 0.3) is 0 Å². The Balaban J connectivity index is 2.33. The van der Waals surface area contributed by atoms with Crippen LogP contribution in [0.15, 0.2) is 24.4 Å². The summed E-state index contributed by atoms with van der Waals surface area (Å²) in [6.07, 6.45) is 1.37. The monoisotopic (exact) mass is 277 g/mol. The lowest BCUT2D eigenvalue weighted by Crippen LogP contribution is -2.17. The first kappa shape index (κ1) is 13.9. The molecule has 1 aromatic carbocycles. The number of benzene rings is 1. The number of aryl methyl sites for hydroxylation is 2. The third kappa shape index (κ3) is 2.59. The minimum Gasteiger partial charge on any atom is -0.397 e. The zero-order valence-electron chi connectivity index (χ0n) is 11.0. The van der Waals surface area contributed by atoms with Crippen LogP contribution in [0.5, 0.6) is 0 Å². The van der Waals surface area contributed by atoms with Crippen LogP contribution in [0.2, 0.25) is 0 Å². The second-order valence-corrected chi connectivity index (χ2v) is 4.43. The summed E-state index contributed by atoms with van der Waals surface area (Å²) in [5, 5.41) is 2.35. The van der Waals surface area contributed by atoms with E-state index in [1.165, 1.54) is 25.3 Å². The molecule has 6 heteroatoms. The molecule has 2 rings (SSSR count). The molecule has 0 aliphatic heterocycles. The minimum atomic E-state index is -0.919. The van der Waals surface area contributed by atoms with Gasteiger partial charge in [0, 0.05) is 0 Å². The van der Waals surface area contributed by atoms with Crippen molar-refractivity contribution in [2.45, 2.75) is 13.8 Å². The molecule has 0 saturated heterocycles. The van der Waals surface area contributed by atoms with E-state index in [-0.39, 0.29) is 11.4 Å². The average molecular weight is 277 g/mol. The molecule has 104 valence electrons. The Hall–Kier alpha value is -2.50. The Morgan fingerprint density at radius 2 is 1.95 bits per heavy atom. The van der Waals surface area contributed by atoms with Gasteiger partial charge in [-0.3, -0.25) is 4.79 Å². The van der Waals surface area contributed by atoms with E-state index in [4.69, 9.17) is 5.73 Å². The maximum Gasteiger partial charge on any atom is 0.262 e. The standard InChI is InChI=1S/C14H13F2N3O/c1-7-3-4-9(15)12(13(7)16)14(20)19-11-5-8(2)10(17)6-18-11/h3-6H,17H2,1-2H3,(H,18,19,20). The van der Waals surface area contributed by atoms with Crippen LogP contribution in [-0.4, -0.2) is 10.9 Å². The minimum absolute atomic E-state index is 0.182. The highest BCUT2D eigenvalue weighted by atomic mass is 19.1. The van der Waals surface area contributed by atoms with Crippen molar-refractivity contribution in [3.05, 3.63) is 52.7 Å². The average Bonchev–Trinajstić information content (AvgIpc) is 2.39. The molecule has 0 atom stereocenters. The molecule has 2 aromatic rings. The van der Waals surface area contributed by atoms with Gasteiger partial charge in [0.2, 0.25) is 0 Å². The summed E-state index contributed by atoms with van der Waals surface area (Å²) in [4.78, 5) is 15.8. The number of nitrogen functional groups attached to an aromatic ring is 1. The van der Waals surface area contributed by atoms with Crippen LogP contribution in [-0.2, 0) is 0 Å². The number of aromatic nitrogens is 1. The van der Waals surface area contributed by atoms with Crippen molar-refractivity contribution in [3.8, 4) is 0 Å². The van der Waals surface area contributed by atoms with Crippen molar-refractivity contribution >= 4 is 17.4 Å². The lowest BCUT2D eigenvalue weighted by molar-refractivity contribution is 0.101. The van der Waals surface area contributed by atoms with Crippen LogP contribution >= 0.6 is 0 Å². The predicted molar refractivity (Wildman–Crippen MR) is 72.4 cm³/mol. The van der Waals surface area contributed by atoms with E-state index in [0.29, 0.717) is 11.3 Å². The number of hydrogen-bond donors (Lipinski definition) is 2. The molecule has 0 unspecified atom stereocenters. The van der Waals surface area contributed by atoms with Crippen molar-refractivity contribution in [1.82, 2.24) is 4.98 Å². The molecule has 20 heavy (non-hydrogen) atoms. The highest BCUT2D eigenvalue weighted by Gasteiger charge is 2.19. The van der Waals surface area contributed by atoms with E-state index in [9.17, 15) is 13.6 Å². The van der Waals surface area contributed by atoms with Gasteiger partial charge in [0.05, 0.1) is 11.9 Å². The van der Waals surface area contributed by atoms with Crippen LogP contribution in [0.1, 0.15) is 21.5 Å². The van der Waals surface area contributed by atoms with Gasteiger partial charge >= 0.3 is 0 Å². The van der Waals surface area contributed by atoms with Crippen molar-refractivity contribution in [1.29, 1.82) is 0 Å². The fourth-order valence-electron chi connectivity index (χ4n) is 1.68. The Bertz CT molecular complexity index is 686. The van der Waals surface area contributed by atoms with Crippen molar-refractivity contribution in [2.24, 2.45) is 0 Å². The van der Waals surface area contributed by atoms with Crippen LogP contribution in [0, 0.1) is 25.5 Å². The molecule has 1 amide bonds. The normalized spacial score (nSPS) is 10.4. The number of pyridine rings is 1. The number of carbonyl (C=O) groups is 1. The van der Waals surface area contributed by atoms with Crippen LogP contribution in [0.3, 0.4) is 0 Å². The van der Waals surface area contributed by atoms with Gasteiger partial charge in [-0.2, -0.15) is 0 Å². The molecule has 0 fully saturated rings. The first-order valence-corrected chi connectivity index (χ1v) is 5.88. The fourth-order valence-corrected chi connectivity index (χ4v) is 1.68. The van der Waals surface area contributed by atoms with E-state index in [2.05, 4.69) is 10.3 Å². The van der Waals surface area contributed by atoms with E-state index in [1.54, 1.807) is 6.92 Å². The molecule has 1 heterocycles. The lowest BCUT2D eigenvalue weighted by atomic mass is 10.1. The van der Waals surface area contributed by atoms with E-state index in [0.717, 1.165) is 6.07 Å². The van der Waals surface area contributed by atoms with Crippen LogP contribution < -0.4 is 11.1 Å². The molecule has 1 aromatic heterocycles. The van der Waals surface area contributed by atoms with E-state index < -0.39 is 23.1 Å². The Kier molecular flexibility index (Phi) is 3.65. The summed E-state index contributed by atoms with van der Waals surface area (Å²) in [6.45, 7) is 3.19. The summed E-state index contributed by atoms with van der Waals surface area (Å²) in [5.41, 5.74) is 6.35. The number of amides is 1. The maximum atomic E-state index is 13.8. The van der Waals surface area contributed by atoms with Crippen molar-refractivity contribution in [3.63, 3.8) is 0 Å². The number of carbonyl (C=O) groups excluding carboxylic acids is 1. The highest BCUT2D eigenvalue weighted by Crippen LogP contribution is 2.19. The number of nitrogens with one attached hydrogen (secondary N) is 1. The Labute approximate surface area is 114 Å². The Morgan fingerprint density at radius 1 is 1.25 bits per heavy atom.